The van der Waals surface area contributed by atoms with E-state index in [-0.39, 0.29) is 23.1 Å². The molecule has 1 aromatic heterocycles. The lowest BCUT2D eigenvalue weighted by Crippen LogP contribution is -2.55. The molecule has 6 rings (SSSR count). The minimum atomic E-state index is -0.538. The van der Waals surface area contributed by atoms with Crippen LogP contribution in [0.4, 0.5) is 8.78 Å². The number of H-pyrrole nitrogens is 1. The number of nitrogens with one attached hydrogen (secondary N) is 1. The van der Waals surface area contributed by atoms with E-state index in [0.29, 0.717) is 13.0 Å². The molecular weight excluding hydrogens is 454 g/mol. The maximum absolute atomic E-state index is 14.2. The van der Waals surface area contributed by atoms with Gasteiger partial charge in [0, 0.05) is 16.4 Å². The monoisotopic (exact) mass is 486 g/mol. The molecule has 4 aromatic rings. The van der Waals surface area contributed by atoms with Crippen LogP contribution in [0.3, 0.4) is 0 Å². The number of hydrogen-bond donors (Lipinski definition) is 1. The van der Waals surface area contributed by atoms with E-state index < -0.39 is 5.60 Å². The molecule has 5 heteroatoms. The Morgan fingerprint density at radius 1 is 0.944 bits per heavy atom. The number of aromatic amines is 1. The Labute approximate surface area is 211 Å². The number of aromatic nitrogens is 1. The van der Waals surface area contributed by atoms with Gasteiger partial charge in [-0.3, -0.25) is 4.90 Å². The van der Waals surface area contributed by atoms with Crippen LogP contribution in [0.1, 0.15) is 41.6 Å². The molecule has 0 saturated heterocycles. The van der Waals surface area contributed by atoms with Crippen LogP contribution in [0.5, 0.6) is 0 Å². The fraction of sp³-hybridized carbons (Fsp3) is 0.355. The second kappa shape index (κ2) is 8.82. The topological polar surface area (TPSA) is 28.3 Å². The van der Waals surface area contributed by atoms with Crippen LogP contribution in [0.2, 0.25) is 0 Å². The Morgan fingerprint density at radius 3 is 2.53 bits per heavy atom. The van der Waals surface area contributed by atoms with E-state index in [1.165, 1.54) is 17.7 Å². The average molecular weight is 487 g/mol. The van der Waals surface area contributed by atoms with E-state index in [9.17, 15) is 8.78 Å². The Kier molecular flexibility index (Phi) is 5.73. The quantitative estimate of drug-likeness (QED) is 0.347. The lowest BCUT2D eigenvalue weighted by molar-refractivity contribution is -0.153. The van der Waals surface area contributed by atoms with E-state index >= 15 is 0 Å². The van der Waals surface area contributed by atoms with Gasteiger partial charge >= 0.3 is 0 Å². The summed E-state index contributed by atoms with van der Waals surface area (Å²) in [5, 5.41) is 0.949. The summed E-state index contributed by atoms with van der Waals surface area (Å²) in [4.78, 5) is 5.99. The number of nitrogens with zero attached hydrogens (tertiary/aromatic N) is 1. The van der Waals surface area contributed by atoms with Crippen molar-refractivity contribution in [1.29, 1.82) is 0 Å². The third kappa shape index (κ3) is 3.68. The third-order valence-corrected chi connectivity index (χ3v) is 8.69. The van der Waals surface area contributed by atoms with Crippen molar-refractivity contribution in [3.63, 3.8) is 0 Å². The summed E-state index contributed by atoms with van der Waals surface area (Å²) in [5.74, 6) is -0.348. The van der Waals surface area contributed by atoms with E-state index in [4.69, 9.17) is 4.74 Å². The largest absolute Gasteiger partial charge is 0.368 e. The van der Waals surface area contributed by atoms with Gasteiger partial charge in [-0.05, 0) is 99.1 Å². The van der Waals surface area contributed by atoms with Gasteiger partial charge in [0.25, 0.3) is 0 Å². The van der Waals surface area contributed by atoms with Gasteiger partial charge in [-0.1, -0.05) is 42.5 Å². The number of rotatable bonds is 4. The Morgan fingerprint density at radius 2 is 1.75 bits per heavy atom. The number of ether oxygens (including phenoxy) is 1. The van der Waals surface area contributed by atoms with Crippen molar-refractivity contribution >= 4 is 10.9 Å². The molecule has 3 nitrogen and oxygen atoms in total. The molecule has 186 valence electrons. The van der Waals surface area contributed by atoms with Crippen LogP contribution >= 0.6 is 0 Å². The highest BCUT2D eigenvalue weighted by Crippen LogP contribution is 2.56. The molecule has 3 atom stereocenters. The first-order valence-electron chi connectivity index (χ1n) is 12.8. The average Bonchev–Trinajstić information content (AvgIpc) is 3.25. The zero-order valence-electron chi connectivity index (χ0n) is 20.9. The van der Waals surface area contributed by atoms with Crippen LogP contribution in [0.25, 0.3) is 10.9 Å². The van der Waals surface area contributed by atoms with Crippen molar-refractivity contribution in [1.82, 2.24) is 9.88 Å². The summed E-state index contributed by atoms with van der Waals surface area (Å²) in [6.07, 6.45) is 4.06. The fourth-order valence-electron chi connectivity index (χ4n) is 6.90. The molecule has 2 heterocycles. The summed E-state index contributed by atoms with van der Waals surface area (Å²) < 4.78 is 35.2. The summed E-state index contributed by atoms with van der Waals surface area (Å²) in [5.41, 5.74) is 4.76. The first-order chi connectivity index (χ1) is 17.4. The normalized spacial score (nSPS) is 26.0. The van der Waals surface area contributed by atoms with Gasteiger partial charge in [0.1, 0.15) is 17.2 Å². The standard InChI is InChI=1S/C31H32F2N2O/c1-35(2)30(22-8-4-3-5-9-22)14-15-31(23(20-30)17-21-7-6-10-24(32)18-21)29-26(13-16-36-31)27-19-25(33)11-12-28(27)34-29/h3-12,18-19,23,34H,13-17,20H2,1-2H3. The van der Waals surface area contributed by atoms with Gasteiger partial charge in [0.05, 0.1) is 12.3 Å². The SMILES string of the molecule is CN(C)C1(c2ccccc2)CCC2(OCCc3c2[nH]c2ccc(F)cc32)C(Cc2cccc(F)c2)C1. The maximum Gasteiger partial charge on any atom is 0.123 e. The zero-order valence-corrected chi connectivity index (χ0v) is 20.9. The van der Waals surface area contributed by atoms with Gasteiger partial charge in [-0.25, -0.2) is 8.78 Å². The third-order valence-electron chi connectivity index (χ3n) is 8.69. The number of benzene rings is 3. The highest BCUT2D eigenvalue weighted by atomic mass is 19.1. The number of fused-ring (bicyclic) bond motifs is 4. The van der Waals surface area contributed by atoms with Crippen molar-refractivity contribution in [2.75, 3.05) is 20.7 Å². The van der Waals surface area contributed by atoms with Crippen molar-refractivity contribution in [3.05, 3.63) is 107 Å². The van der Waals surface area contributed by atoms with E-state index in [0.717, 1.165) is 53.4 Å². The smallest absolute Gasteiger partial charge is 0.123 e. The van der Waals surface area contributed by atoms with Crippen molar-refractivity contribution in [3.8, 4) is 0 Å². The van der Waals surface area contributed by atoms with E-state index in [1.54, 1.807) is 18.2 Å². The second-order valence-corrected chi connectivity index (χ2v) is 10.7. The van der Waals surface area contributed by atoms with Gasteiger partial charge in [0.2, 0.25) is 0 Å². The molecule has 1 aliphatic heterocycles. The van der Waals surface area contributed by atoms with Crippen LogP contribution < -0.4 is 0 Å². The molecule has 0 radical (unpaired) electrons. The molecule has 0 amide bonds. The fourth-order valence-corrected chi connectivity index (χ4v) is 6.90. The zero-order chi connectivity index (χ0) is 24.9. The van der Waals surface area contributed by atoms with Crippen LogP contribution in [0, 0.1) is 17.6 Å². The molecule has 1 saturated carbocycles. The molecule has 2 aliphatic rings. The minimum absolute atomic E-state index is 0.0904. The molecule has 1 aliphatic carbocycles. The van der Waals surface area contributed by atoms with Gasteiger partial charge in [-0.2, -0.15) is 0 Å². The van der Waals surface area contributed by atoms with E-state index in [2.05, 4.69) is 54.3 Å². The van der Waals surface area contributed by atoms with Gasteiger partial charge in [-0.15, -0.1) is 0 Å². The van der Waals surface area contributed by atoms with Crippen LogP contribution in [-0.2, 0) is 28.7 Å². The number of halogens is 2. The van der Waals surface area contributed by atoms with Crippen molar-refractivity contribution in [2.45, 2.75) is 43.2 Å². The van der Waals surface area contributed by atoms with Gasteiger partial charge < -0.3 is 9.72 Å². The molecule has 36 heavy (non-hydrogen) atoms. The van der Waals surface area contributed by atoms with Crippen LogP contribution in [0.15, 0.2) is 72.8 Å². The molecular formula is C31H32F2N2O. The van der Waals surface area contributed by atoms with Crippen LogP contribution in [-0.4, -0.2) is 30.6 Å². The van der Waals surface area contributed by atoms with Gasteiger partial charge in [0.15, 0.2) is 0 Å². The lowest BCUT2D eigenvalue weighted by Gasteiger charge is -2.55. The first-order valence-corrected chi connectivity index (χ1v) is 12.8. The minimum Gasteiger partial charge on any atom is -0.368 e. The highest BCUT2D eigenvalue weighted by molar-refractivity contribution is 5.85. The predicted octanol–water partition coefficient (Wildman–Crippen LogP) is 6.71. The van der Waals surface area contributed by atoms with Crippen molar-refractivity contribution in [2.24, 2.45) is 5.92 Å². The highest BCUT2D eigenvalue weighted by Gasteiger charge is 2.55. The van der Waals surface area contributed by atoms with E-state index in [1.807, 2.05) is 12.1 Å². The molecule has 1 spiro atoms. The summed E-state index contributed by atoms with van der Waals surface area (Å²) in [7, 11) is 4.31. The Bertz CT molecular complexity index is 1400. The summed E-state index contributed by atoms with van der Waals surface area (Å²) >= 11 is 0. The molecule has 3 aromatic carbocycles. The predicted molar refractivity (Wildman–Crippen MR) is 139 cm³/mol. The molecule has 1 fully saturated rings. The second-order valence-electron chi connectivity index (χ2n) is 10.7. The first kappa shape index (κ1) is 23.4. The molecule has 3 unspecified atom stereocenters. The number of hydrogen-bond acceptors (Lipinski definition) is 2. The van der Waals surface area contributed by atoms with Crippen molar-refractivity contribution < 1.29 is 13.5 Å². The molecule has 1 N–H and O–H groups in total. The Hall–Kier alpha value is -3.02. The molecule has 0 bridgehead atoms. The maximum atomic E-state index is 14.2. The lowest BCUT2D eigenvalue weighted by atomic mass is 9.61. The summed E-state index contributed by atoms with van der Waals surface area (Å²) in [6, 6.07) is 22.6. The summed E-state index contributed by atoms with van der Waals surface area (Å²) in [6.45, 7) is 0.594. The Balaban J connectivity index is 1.51.